The van der Waals surface area contributed by atoms with E-state index in [1.807, 2.05) is 26.8 Å². The lowest BCUT2D eigenvalue weighted by molar-refractivity contribution is 0.148. The Kier molecular flexibility index (Phi) is 5.52. The third kappa shape index (κ3) is 5.30. The fraction of sp³-hybridized carbons (Fsp3) is 0.571. The molecule has 1 aromatic carbocycles. The van der Waals surface area contributed by atoms with Crippen molar-refractivity contribution in [3.63, 3.8) is 0 Å². The predicted molar refractivity (Wildman–Crippen MR) is 76.5 cm³/mol. The van der Waals surface area contributed by atoms with E-state index in [0.29, 0.717) is 17.9 Å². The molecule has 0 aromatic heterocycles. The molecule has 1 rings (SSSR count). The molecule has 0 amide bonds. The van der Waals surface area contributed by atoms with Gasteiger partial charge in [0.25, 0.3) is 0 Å². The molecular weight excluding hydrogens is 262 g/mol. The van der Waals surface area contributed by atoms with Crippen molar-refractivity contribution in [2.45, 2.75) is 38.5 Å². The van der Waals surface area contributed by atoms with Gasteiger partial charge in [-0.2, -0.15) is 0 Å². The molecule has 0 atom stereocenters. The highest BCUT2D eigenvalue weighted by Crippen LogP contribution is 2.20. The van der Waals surface area contributed by atoms with Crippen LogP contribution in [0.25, 0.3) is 0 Å². The van der Waals surface area contributed by atoms with E-state index < -0.39 is 10.0 Å². The van der Waals surface area contributed by atoms with E-state index in [-0.39, 0.29) is 12.0 Å². The van der Waals surface area contributed by atoms with Crippen LogP contribution in [0.15, 0.2) is 29.2 Å². The van der Waals surface area contributed by atoms with Crippen molar-refractivity contribution in [3.8, 4) is 0 Å². The van der Waals surface area contributed by atoms with Crippen LogP contribution in [-0.4, -0.2) is 26.7 Å². The maximum absolute atomic E-state index is 12.0. The van der Waals surface area contributed by atoms with Crippen molar-refractivity contribution in [2.75, 3.05) is 13.2 Å². The number of hydrogen-bond donors (Lipinski definition) is 2. The van der Waals surface area contributed by atoms with Crippen LogP contribution < -0.4 is 4.72 Å². The largest absolute Gasteiger partial charge is 0.396 e. The second-order valence-corrected chi connectivity index (χ2v) is 7.41. The average Bonchev–Trinajstić information content (AvgIpc) is 2.35. The number of aliphatic hydroxyl groups is 1. The Labute approximate surface area is 115 Å². The van der Waals surface area contributed by atoms with Gasteiger partial charge in [0.1, 0.15) is 0 Å². The quantitative estimate of drug-likeness (QED) is 0.754. The number of aryl methyl sites for hydroxylation is 1. The van der Waals surface area contributed by atoms with E-state index in [2.05, 4.69) is 4.72 Å². The van der Waals surface area contributed by atoms with Gasteiger partial charge < -0.3 is 5.11 Å². The van der Waals surface area contributed by atoms with Gasteiger partial charge in [-0.15, -0.1) is 0 Å². The standard InChI is InChI=1S/C14H23NO3S/c1-12-6-4-7-13(10-12)19(17,18)15-9-5-8-14(2,3)11-16/h4,6-7,10,15-16H,5,8-9,11H2,1-3H3. The first-order valence-corrected chi connectivity index (χ1v) is 7.92. The van der Waals surface area contributed by atoms with Gasteiger partial charge in [0.2, 0.25) is 10.0 Å². The fourth-order valence-corrected chi connectivity index (χ4v) is 2.90. The Hall–Kier alpha value is -0.910. The van der Waals surface area contributed by atoms with Crippen LogP contribution in [0.5, 0.6) is 0 Å². The molecule has 0 fully saturated rings. The van der Waals surface area contributed by atoms with Gasteiger partial charge in [0, 0.05) is 13.2 Å². The molecule has 0 saturated heterocycles. The lowest BCUT2D eigenvalue weighted by atomic mass is 9.89. The maximum atomic E-state index is 12.0. The molecule has 0 saturated carbocycles. The number of sulfonamides is 1. The fourth-order valence-electron chi connectivity index (χ4n) is 1.72. The molecule has 0 spiro atoms. The summed E-state index contributed by atoms with van der Waals surface area (Å²) in [6.45, 7) is 6.28. The van der Waals surface area contributed by atoms with Crippen molar-refractivity contribution in [3.05, 3.63) is 29.8 Å². The molecule has 0 aliphatic rings. The highest BCUT2D eigenvalue weighted by molar-refractivity contribution is 7.89. The SMILES string of the molecule is Cc1cccc(S(=O)(=O)NCCCC(C)(C)CO)c1. The highest BCUT2D eigenvalue weighted by atomic mass is 32.2. The first-order chi connectivity index (χ1) is 8.77. The third-order valence-corrected chi connectivity index (χ3v) is 4.51. The van der Waals surface area contributed by atoms with E-state index in [4.69, 9.17) is 5.11 Å². The van der Waals surface area contributed by atoms with Gasteiger partial charge in [0.15, 0.2) is 0 Å². The average molecular weight is 285 g/mol. The molecule has 0 heterocycles. The van der Waals surface area contributed by atoms with Gasteiger partial charge in [-0.3, -0.25) is 0 Å². The zero-order chi connectivity index (χ0) is 14.5. The molecule has 2 N–H and O–H groups in total. The van der Waals surface area contributed by atoms with Crippen LogP contribution in [0.3, 0.4) is 0 Å². The van der Waals surface area contributed by atoms with Crippen molar-refractivity contribution in [1.29, 1.82) is 0 Å². The third-order valence-electron chi connectivity index (χ3n) is 3.05. The van der Waals surface area contributed by atoms with Crippen LogP contribution in [0.4, 0.5) is 0 Å². The van der Waals surface area contributed by atoms with Gasteiger partial charge >= 0.3 is 0 Å². The normalized spacial score (nSPS) is 12.6. The summed E-state index contributed by atoms with van der Waals surface area (Å²) in [5.74, 6) is 0. The van der Waals surface area contributed by atoms with Gasteiger partial charge in [-0.05, 0) is 42.9 Å². The second-order valence-electron chi connectivity index (χ2n) is 5.64. The summed E-state index contributed by atoms with van der Waals surface area (Å²) in [5.41, 5.74) is 0.763. The Balaban J connectivity index is 2.53. The highest BCUT2D eigenvalue weighted by Gasteiger charge is 2.17. The van der Waals surface area contributed by atoms with E-state index >= 15 is 0 Å². The lowest BCUT2D eigenvalue weighted by Crippen LogP contribution is -2.26. The summed E-state index contributed by atoms with van der Waals surface area (Å²) in [4.78, 5) is 0.300. The van der Waals surface area contributed by atoms with Gasteiger partial charge in [0.05, 0.1) is 4.90 Å². The Morgan fingerprint density at radius 3 is 2.58 bits per heavy atom. The zero-order valence-electron chi connectivity index (χ0n) is 11.8. The summed E-state index contributed by atoms with van der Waals surface area (Å²) in [6.07, 6.45) is 1.48. The summed E-state index contributed by atoms with van der Waals surface area (Å²) in [6, 6.07) is 6.84. The smallest absolute Gasteiger partial charge is 0.240 e. The number of nitrogens with one attached hydrogen (secondary N) is 1. The monoisotopic (exact) mass is 285 g/mol. The molecule has 4 nitrogen and oxygen atoms in total. The van der Waals surface area contributed by atoms with E-state index in [1.165, 1.54) is 0 Å². The number of rotatable bonds is 7. The minimum Gasteiger partial charge on any atom is -0.396 e. The summed E-state index contributed by atoms with van der Waals surface area (Å²) in [7, 11) is -3.42. The van der Waals surface area contributed by atoms with E-state index in [0.717, 1.165) is 12.0 Å². The van der Waals surface area contributed by atoms with Crippen LogP contribution in [-0.2, 0) is 10.0 Å². The van der Waals surface area contributed by atoms with Crippen molar-refractivity contribution in [1.82, 2.24) is 4.72 Å². The van der Waals surface area contributed by atoms with Crippen LogP contribution in [0, 0.1) is 12.3 Å². The summed E-state index contributed by atoms with van der Waals surface area (Å²) in [5, 5.41) is 9.12. The van der Waals surface area contributed by atoms with Crippen molar-refractivity contribution >= 4 is 10.0 Å². The first kappa shape index (κ1) is 16.1. The molecule has 0 unspecified atom stereocenters. The topological polar surface area (TPSA) is 66.4 Å². The van der Waals surface area contributed by atoms with E-state index in [1.54, 1.807) is 18.2 Å². The Morgan fingerprint density at radius 1 is 1.32 bits per heavy atom. The molecule has 0 bridgehead atoms. The number of benzene rings is 1. The summed E-state index contributed by atoms with van der Waals surface area (Å²) >= 11 is 0. The molecule has 1 aromatic rings. The maximum Gasteiger partial charge on any atom is 0.240 e. The molecule has 108 valence electrons. The Morgan fingerprint density at radius 2 is 2.00 bits per heavy atom. The minimum absolute atomic E-state index is 0.109. The Bertz CT molecular complexity index is 509. The van der Waals surface area contributed by atoms with Gasteiger partial charge in [-0.25, -0.2) is 13.1 Å². The zero-order valence-corrected chi connectivity index (χ0v) is 12.6. The van der Waals surface area contributed by atoms with Crippen LogP contribution in [0.2, 0.25) is 0 Å². The number of hydrogen-bond acceptors (Lipinski definition) is 3. The minimum atomic E-state index is -3.42. The molecule has 0 aliphatic heterocycles. The molecule has 0 radical (unpaired) electrons. The molecule has 5 heteroatoms. The van der Waals surface area contributed by atoms with Crippen LogP contribution >= 0.6 is 0 Å². The van der Waals surface area contributed by atoms with E-state index in [9.17, 15) is 8.42 Å². The number of aliphatic hydroxyl groups excluding tert-OH is 1. The molecular formula is C14H23NO3S. The summed E-state index contributed by atoms with van der Waals surface area (Å²) < 4.78 is 26.6. The van der Waals surface area contributed by atoms with Gasteiger partial charge in [-0.1, -0.05) is 26.0 Å². The van der Waals surface area contributed by atoms with Crippen molar-refractivity contribution < 1.29 is 13.5 Å². The molecule has 0 aliphatic carbocycles. The van der Waals surface area contributed by atoms with Crippen LogP contribution in [0.1, 0.15) is 32.3 Å². The molecule has 19 heavy (non-hydrogen) atoms. The second kappa shape index (κ2) is 6.50. The lowest BCUT2D eigenvalue weighted by Gasteiger charge is -2.21. The predicted octanol–water partition coefficient (Wildman–Crippen LogP) is 2.07. The first-order valence-electron chi connectivity index (χ1n) is 6.44. The van der Waals surface area contributed by atoms with Crippen molar-refractivity contribution in [2.24, 2.45) is 5.41 Å².